The zero-order valence-electron chi connectivity index (χ0n) is 13.8. The number of rotatable bonds is 6. The molecule has 1 saturated heterocycles. The molecule has 0 bridgehead atoms. The van der Waals surface area contributed by atoms with Gasteiger partial charge in [0.05, 0.1) is 7.11 Å². The summed E-state index contributed by atoms with van der Waals surface area (Å²) >= 11 is 0. The van der Waals surface area contributed by atoms with Crippen LogP contribution in [0.15, 0.2) is 18.2 Å². The van der Waals surface area contributed by atoms with Crippen molar-refractivity contribution in [1.82, 2.24) is 9.80 Å². The molecule has 0 spiro atoms. The van der Waals surface area contributed by atoms with E-state index in [0.717, 1.165) is 12.3 Å². The average molecular weight is 291 g/mol. The molecule has 2 N–H and O–H groups in total. The molecule has 0 saturated carbocycles. The second kappa shape index (κ2) is 7.25. The number of methoxy groups -OCH3 is 1. The molecule has 1 aliphatic rings. The monoisotopic (exact) mass is 291 g/mol. The topological polar surface area (TPSA) is 41.7 Å². The quantitative estimate of drug-likeness (QED) is 0.871. The summed E-state index contributed by atoms with van der Waals surface area (Å²) in [5, 5.41) is 0. The Hall–Kier alpha value is -1.10. The molecule has 2 rings (SSSR count). The highest BCUT2D eigenvalue weighted by Crippen LogP contribution is 2.26. The van der Waals surface area contributed by atoms with Gasteiger partial charge in [-0.3, -0.25) is 4.90 Å². The van der Waals surface area contributed by atoms with Gasteiger partial charge in [0.2, 0.25) is 0 Å². The molecule has 0 radical (unpaired) electrons. The molecular weight excluding hydrogens is 262 g/mol. The molecule has 1 fully saturated rings. The van der Waals surface area contributed by atoms with Crippen LogP contribution in [0.3, 0.4) is 0 Å². The van der Waals surface area contributed by atoms with Crippen molar-refractivity contribution in [3.05, 3.63) is 29.3 Å². The second-order valence-electron chi connectivity index (χ2n) is 6.20. The van der Waals surface area contributed by atoms with Gasteiger partial charge in [-0.25, -0.2) is 0 Å². The molecule has 0 aliphatic carbocycles. The van der Waals surface area contributed by atoms with E-state index < -0.39 is 0 Å². The molecule has 2 unspecified atom stereocenters. The van der Waals surface area contributed by atoms with Crippen molar-refractivity contribution in [2.75, 3.05) is 40.8 Å². The number of hydrogen-bond donors (Lipinski definition) is 1. The van der Waals surface area contributed by atoms with Gasteiger partial charge in [0.1, 0.15) is 5.75 Å². The molecule has 2 atom stereocenters. The van der Waals surface area contributed by atoms with Gasteiger partial charge in [-0.05, 0) is 57.6 Å². The summed E-state index contributed by atoms with van der Waals surface area (Å²) < 4.78 is 5.34. The molecule has 0 amide bonds. The first kappa shape index (κ1) is 16.3. The first-order chi connectivity index (χ1) is 10.1. The van der Waals surface area contributed by atoms with Crippen molar-refractivity contribution >= 4 is 0 Å². The summed E-state index contributed by atoms with van der Waals surface area (Å²) in [7, 11) is 6.12. The third-order valence-electron chi connectivity index (χ3n) is 4.73. The van der Waals surface area contributed by atoms with Gasteiger partial charge in [-0.15, -0.1) is 0 Å². The molecule has 1 aliphatic heterocycles. The molecule has 4 heteroatoms. The number of nitrogens with zero attached hydrogens (tertiary/aromatic N) is 2. The van der Waals surface area contributed by atoms with Crippen molar-refractivity contribution < 1.29 is 4.74 Å². The van der Waals surface area contributed by atoms with Crippen molar-refractivity contribution in [2.45, 2.75) is 31.8 Å². The van der Waals surface area contributed by atoms with Gasteiger partial charge in [0.25, 0.3) is 0 Å². The molecular formula is C17H29N3O. The summed E-state index contributed by atoms with van der Waals surface area (Å²) in [6, 6.07) is 7.30. The summed E-state index contributed by atoms with van der Waals surface area (Å²) in [5.41, 5.74) is 8.49. The number of ether oxygens (including phenoxy) is 1. The van der Waals surface area contributed by atoms with E-state index >= 15 is 0 Å². The molecule has 4 nitrogen and oxygen atoms in total. The Kier molecular flexibility index (Phi) is 5.62. The van der Waals surface area contributed by atoms with Gasteiger partial charge < -0.3 is 15.4 Å². The Balaban J connectivity index is 2.09. The molecule has 0 aromatic heterocycles. The zero-order valence-corrected chi connectivity index (χ0v) is 13.8. The Morgan fingerprint density at radius 3 is 2.76 bits per heavy atom. The molecule has 1 aromatic rings. The van der Waals surface area contributed by atoms with Crippen molar-refractivity contribution in [3.63, 3.8) is 0 Å². The predicted molar refractivity (Wildman–Crippen MR) is 87.8 cm³/mol. The molecule has 1 heterocycles. The zero-order chi connectivity index (χ0) is 15.4. The van der Waals surface area contributed by atoms with Crippen molar-refractivity contribution in [1.29, 1.82) is 0 Å². The summed E-state index contributed by atoms with van der Waals surface area (Å²) in [6.45, 7) is 5.01. The van der Waals surface area contributed by atoms with Crippen LogP contribution >= 0.6 is 0 Å². The van der Waals surface area contributed by atoms with Gasteiger partial charge in [-0.1, -0.05) is 12.1 Å². The largest absolute Gasteiger partial charge is 0.496 e. The van der Waals surface area contributed by atoms with Gasteiger partial charge in [0, 0.05) is 25.2 Å². The van der Waals surface area contributed by atoms with Crippen molar-refractivity contribution in [2.24, 2.45) is 5.73 Å². The standard InChI is InChI=1S/C17H29N3O/c1-13-10-14(7-8-17(13)21-4)16(11-18)20(3)12-15-6-5-9-19(15)2/h7-8,10,15-16H,5-6,9,11-12,18H2,1-4H3. The highest BCUT2D eigenvalue weighted by molar-refractivity contribution is 5.37. The van der Waals surface area contributed by atoms with E-state index in [9.17, 15) is 0 Å². The summed E-state index contributed by atoms with van der Waals surface area (Å²) in [6.07, 6.45) is 2.60. The Labute approximate surface area is 128 Å². The second-order valence-corrected chi connectivity index (χ2v) is 6.20. The molecule has 1 aromatic carbocycles. The first-order valence-corrected chi connectivity index (χ1v) is 7.82. The van der Waals surface area contributed by atoms with Crippen LogP contribution in [-0.2, 0) is 0 Å². The van der Waals surface area contributed by atoms with Gasteiger partial charge >= 0.3 is 0 Å². The lowest BCUT2D eigenvalue weighted by atomic mass is 10.0. The number of hydrogen-bond acceptors (Lipinski definition) is 4. The van der Waals surface area contributed by atoms with E-state index in [1.54, 1.807) is 7.11 Å². The van der Waals surface area contributed by atoms with E-state index in [1.807, 2.05) is 6.07 Å². The van der Waals surface area contributed by atoms with Crippen LogP contribution in [0.4, 0.5) is 0 Å². The van der Waals surface area contributed by atoms with Crippen LogP contribution in [0.2, 0.25) is 0 Å². The summed E-state index contributed by atoms with van der Waals surface area (Å²) in [5.74, 6) is 0.938. The van der Waals surface area contributed by atoms with E-state index in [2.05, 4.69) is 43.0 Å². The van der Waals surface area contributed by atoms with E-state index in [4.69, 9.17) is 10.5 Å². The minimum Gasteiger partial charge on any atom is -0.496 e. The van der Waals surface area contributed by atoms with Crippen LogP contribution in [-0.4, -0.2) is 56.7 Å². The van der Waals surface area contributed by atoms with E-state index in [-0.39, 0.29) is 6.04 Å². The minimum absolute atomic E-state index is 0.267. The van der Waals surface area contributed by atoms with E-state index in [0.29, 0.717) is 12.6 Å². The number of benzene rings is 1. The fraction of sp³-hybridized carbons (Fsp3) is 0.647. The molecule has 21 heavy (non-hydrogen) atoms. The third-order valence-corrected chi connectivity index (χ3v) is 4.73. The smallest absolute Gasteiger partial charge is 0.121 e. The van der Waals surface area contributed by atoms with Crippen molar-refractivity contribution in [3.8, 4) is 5.75 Å². The highest BCUT2D eigenvalue weighted by Gasteiger charge is 2.25. The van der Waals surface area contributed by atoms with Crippen LogP contribution < -0.4 is 10.5 Å². The Bertz CT molecular complexity index is 463. The normalized spacial score (nSPS) is 21.0. The van der Waals surface area contributed by atoms with Gasteiger partial charge in [0.15, 0.2) is 0 Å². The van der Waals surface area contributed by atoms with E-state index in [1.165, 1.54) is 30.5 Å². The lowest BCUT2D eigenvalue weighted by Gasteiger charge is -2.32. The lowest BCUT2D eigenvalue weighted by molar-refractivity contribution is 0.179. The van der Waals surface area contributed by atoms with Gasteiger partial charge in [-0.2, -0.15) is 0 Å². The Morgan fingerprint density at radius 1 is 1.48 bits per heavy atom. The number of aryl methyl sites for hydroxylation is 1. The number of likely N-dealkylation sites (N-methyl/N-ethyl adjacent to an activating group) is 2. The van der Waals surface area contributed by atoms with Crippen LogP contribution in [0.25, 0.3) is 0 Å². The fourth-order valence-corrected chi connectivity index (χ4v) is 3.35. The lowest BCUT2D eigenvalue weighted by Crippen LogP contribution is -2.40. The highest BCUT2D eigenvalue weighted by atomic mass is 16.5. The van der Waals surface area contributed by atoms with Crippen LogP contribution in [0, 0.1) is 6.92 Å². The Morgan fingerprint density at radius 2 is 2.24 bits per heavy atom. The SMILES string of the molecule is COc1ccc(C(CN)N(C)CC2CCCN2C)cc1C. The minimum atomic E-state index is 0.267. The van der Waals surface area contributed by atoms with Crippen LogP contribution in [0.5, 0.6) is 5.75 Å². The average Bonchev–Trinajstić information content (AvgIpc) is 2.85. The maximum atomic E-state index is 6.05. The predicted octanol–water partition coefficient (Wildman–Crippen LogP) is 2.03. The maximum Gasteiger partial charge on any atom is 0.121 e. The van der Waals surface area contributed by atoms with Crippen LogP contribution in [0.1, 0.15) is 30.0 Å². The number of nitrogens with two attached hydrogens (primary N) is 1. The number of likely N-dealkylation sites (tertiary alicyclic amines) is 1. The first-order valence-electron chi connectivity index (χ1n) is 7.82. The molecule has 118 valence electrons. The maximum absolute atomic E-state index is 6.05. The summed E-state index contributed by atoms with van der Waals surface area (Å²) in [4.78, 5) is 4.86. The third kappa shape index (κ3) is 3.76. The fourth-order valence-electron chi connectivity index (χ4n) is 3.35.